The average molecular weight is 348 g/mol. The van der Waals surface area contributed by atoms with Gasteiger partial charge in [0.2, 0.25) is 5.72 Å². The standard InChI is InChI=1S/C13H18BrNO3S/c1-5-18-12(16)13(2,17-4)15(3)19-11-8-6-10(14)7-9-11/h6-9H,5H2,1-4H3. The molecule has 0 spiro atoms. The van der Waals surface area contributed by atoms with Gasteiger partial charge in [-0.2, -0.15) is 0 Å². The molecule has 0 aliphatic heterocycles. The number of benzene rings is 1. The van der Waals surface area contributed by atoms with Crippen molar-refractivity contribution in [3.05, 3.63) is 28.7 Å². The Morgan fingerprint density at radius 1 is 1.42 bits per heavy atom. The number of carbonyl (C=O) groups excluding carboxylic acids is 1. The quantitative estimate of drug-likeness (QED) is 0.448. The summed E-state index contributed by atoms with van der Waals surface area (Å²) in [5.74, 6) is -0.399. The van der Waals surface area contributed by atoms with Crippen molar-refractivity contribution in [3.63, 3.8) is 0 Å². The molecule has 6 heteroatoms. The van der Waals surface area contributed by atoms with Gasteiger partial charge in [0.1, 0.15) is 0 Å². The number of nitrogens with zero attached hydrogens (tertiary/aromatic N) is 1. The molecule has 0 N–H and O–H groups in total. The van der Waals surface area contributed by atoms with Crippen molar-refractivity contribution >= 4 is 33.8 Å². The third-order valence-corrected chi connectivity index (χ3v) is 4.34. The number of hydrogen-bond donors (Lipinski definition) is 0. The third kappa shape index (κ3) is 4.21. The van der Waals surface area contributed by atoms with Gasteiger partial charge < -0.3 is 9.47 Å². The second-order valence-electron chi connectivity index (χ2n) is 3.95. The molecule has 106 valence electrons. The van der Waals surface area contributed by atoms with Crippen LogP contribution in [0.5, 0.6) is 0 Å². The molecule has 1 rings (SSSR count). The molecule has 19 heavy (non-hydrogen) atoms. The zero-order valence-electron chi connectivity index (χ0n) is 11.5. The maximum Gasteiger partial charge on any atom is 0.354 e. The van der Waals surface area contributed by atoms with Crippen LogP contribution in [0.25, 0.3) is 0 Å². The number of likely N-dealkylation sites (N-methyl/N-ethyl adjacent to an activating group) is 1. The molecule has 0 bridgehead atoms. The lowest BCUT2D eigenvalue weighted by molar-refractivity contribution is -0.178. The van der Waals surface area contributed by atoms with Crippen LogP contribution in [0.3, 0.4) is 0 Å². The van der Waals surface area contributed by atoms with Crippen molar-refractivity contribution in [2.75, 3.05) is 20.8 Å². The minimum absolute atomic E-state index is 0.328. The number of esters is 1. The van der Waals surface area contributed by atoms with Crippen molar-refractivity contribution in [1.29, 1.82) is 0 Å². The molecule has 1 aromatic carbocycles. The minimum Gasteiger partial charge on any atom is -0.463 e. The molecular formula is C13H18BrNO3S. The Kier molecular flexibility index (Phi) is 6.32. The predicted molar refractivity (Wildman–Crippen MR) is 79.8 cm³/mol. The Bertz CT molecular complexity index is 426. The van der Waals surface area contributed by atoms with Crippen LogP contribution in [0.4, 0.5) is 0 Å². The van der Waals surface area contributed by atoms with Gasteiger partial charge in [0.15, 0.2) is 0 Å². The average Bonchev–Trinajstić information content (AvgIpc) is 2.40. The molecule has 0 amide bonds. The topological polar surface area (TPSA) is 38.8 Å². The van der Waals surface area contributed by atoms with E-state index in [4.69, 9.17) is 9.47 Å². The van der Waals surface area contributed by atoms with E-state index >= 15 is 0 Å². The molecule has 0 saturated heterocycles. The highest BCUT2D eigenvalue weighted by Gasteiger charge is 2.40. The SMILES string of the molecule is CCOC(=O)C(C)(OC)N(C)Sc1ccc(Br)cc1. The molecule has 0 aromatic heterocycles. The van der Waals surface area contributed by atoms with Gasteiger partial charge in [-0.05, 0) is 50.1 Å². The summed E-state index contributed by atoms with van der Waals surface area (Å²) in [5, 5.41) is 0. The van der Waals surface area contributed by atoms with Crippen molar-refractivity contribution in [1.82, 2.24) is 4.31 Å². The second-order valence-corrected chi connectivity index (χ2v) is 6.07. The lowest BCUT2D eigenvalue weighted by atomic mass is 10.3. The number of carbonyl (C=O) groups is 1. The van der Waals surface area contributed by atoms with Gasteiger partial charge in [0.05, 0.1) is 6.61 Å². The number of hydrogen-bond acceptors (Lipinski definition) is 5. The van der Waals surface area contributed by atoms with Crippen molar-refractivity contribution in [2.24, 2.45) is 0 Å². The van der Waals surface area contributed by atoms with E-state index in [1.54, 1.807) is 25.2 Å². The smallest absolute Gasteiger partial charge is 0.354 e. The molecule has 1 aromatic rings. The summed E-state index contributed by atoms with van der Waals surface area (Å²) in [7, 11) is 3.29. The van der Waals surface area contributed by atoms with E-state index in [2.05, 4.69) is 15.9 Å². The normalized spacial score (nSPS) is 14.2. The Morgan fingerprint density at radius 3 is 2.47 bits per heavy atom. The summed E-state index contributed by atoms with van der Waals surface area (Å²) in [6.07, 6.45) is 0. The monoisotopic (exact) mass is 347 g/mol. The molecule has 1 atom stereocenters. The summed E-state index contributed by atoms with van der Waals surface area (Å²) in [6.45, 7) is 3.79. The maximum atomic E-state index is 12.0. The molecule has 0 aliphatic carbocycles. The molecule has 0 fully saturated rings. The number of ether oxygens (including phenoxy) is 2. The van der Waals surface area contributed by atoms with Gasteiger partial charge in [-0.1, -0.05) is 15.9 Å². The first-order valence-corrected chi connectivity index (χ1v) is 7.40. The molecule has 0 heterocycles. The van der Waals surface area contributed by atoms with E-state index < -0.39 is 11.7 Å². The zero-order chi connectivity index (χ0) is 14.5. The molecule has 0 saturated carbocycles. The number of methoxy groups -OCH3 is 1. The highest BCUT2D eigenvalue weighted by molar-refractivity contribution is 9.10. The van der Waals surface area contributed by atoms with Crippen LogP contribution in [-0.4, -0.2) is 36.8 Å². The largest absolute Gasteiger partial charge is 0.463 e. The minimum atomic E-state index is -1.12. The molecule has 1 unspecified atom stereocenters. The van der Waals surface area contributed by atoms with Crippen LogP contribution in [0, 0.1) is 0 Å². The van der Waals surface area contributed by atoms with E-state index in [1.807, 2.05) is 24.3 Å². The number of rotatable bonds is 6. The third-order valence-electron chi connectivity index (χ3n) is 2.71. The molecule has 0 aliphatic rings. The Hall–Kier alpha value is -0.560. The fraction of sp³-hybridized carbons (Fsp3) is 0.462. The molecule has 0 radical (unpaired) electrons. The van der Waals surface area contributed by atoms with Gasteiger partial charge >= 0.3 is 5.97 Å². The van der Waals surface area contributed by atoms with Gasteiger partial charge in [0.25, 0.3) is 0 Å². The number of halogens is 1. The van der Waals surface area contributed by atoms with Crippen molar-refractivity contribution < 1.29 is 14.3 Å². The van der Waals surface area contributed by atoms with Crippen LogP contribution < -0.4 is 0 Å². The van der Waals surface area contributed by atoms with Crippen LogP contribution in [0.2, 0.25) is 0 Å². The van der Waals surface area contributed by atoms with Crippen LogP contribution in [-0.2, 0) is 14.3 Å². The van der Waals surface area contributed by atoms with Gasteiger partial charge in [0, 0.05) is 23.5 Å². The van der Waals surface area contributed by atoms with Crippen LogP contribution in [0.15, 0.2) is 33.6 Å². The van der Waals surface area contributed by atoms with Crippen LogP contribution in [0.1, 0.15) is 13.8 Å². The summed E-state index contributed by atoms with van der Waals surface area (Å²) < 4.78 is 13.1. The van der Waals surface area contributed by atoms with Crippen LogP contribution >= 0.6 is 27.9 Å². The summed E-state index contributed by atoms with van der Waals surface area (Å²) in [5.41, 5.74) is -1.12. The highest BCUT2D eigenvalue weighted by atomic mass is 79.9. The van der Waals surface area contributed by atoms with E-state index in [9.17, 15) is 4.79 Å². The van der Waals surface area contributed by atoms with Crippen molar-refractivity contribution in [2.45, 2.75) is 24.5 Å². The van der Waals surface area contributed by atoms with Crippen molar-refractivity contribution in [3.8, 4) is 0 Å². The van der Waals surface area contributed by atoms with Gasteiger partial charge in [-0.25, -0.2) is 9.10 Å². The van der Waals surface area contributed by atoms with E-state index in [1.165, 1.54) is 19.1 Å². The predicted octanol–water partition coefficient (Wildman–Crippen LogP) is 3.31. The fourth-order valence-corrected chi connectivity index (χ4v) is 2.51. The maximum absolute atomic E-state index is 12.0. The fourth-order valence-electron chi connectivity index (χ4n) is 1.35. The Balaban J connectivity index is 2.81. The van der Waals surface area contributed by atoms with Gasteiger partial charge in [-0.3, -0.25) is 0 Å². The first kappa shape index (κ1) is 16.5. The summed E-state index contributed by atoms with van der Waals surface area (Å²) >= 11 is 4.81. The first-order chi connectivity index (χ1) is 8.93. The summed E-state index contributed by atoms with van der Waals surface area (Å²) in [4.78, 5) is 13.0. The lowest BCUT2D eigenvalue weighted by Gasteiger charge is -2.33. The summed E-state index contributed by atoms with van der Waals surface area (Å²) in [6, 6.07) is 7.83. The Morgan fingerprint density at radius 2 is 2.00 bits per heavy atom. The highest BCUT2D eigenvalue weighted by Crippen LogP contribution is 2.30. The van der Waals surface area contributed by atoms with E-state index in [0.29, 0.717) is 6.61 Å². The molecular weight excluding hydrogens is 330 g/mol. The van der Waals surface area contributed by atoms with E-state index in [0.717, 1.165) is 9.37 Å². The lowest BCUT2D eigenvalue weighted by Crippen LogP contribution is -2.49. The second kappa shape index (κ2) is 7.28. The van der Waals surface area contributed by atoms with E-state index in [-0.39, 0.29) is 0 Å². The zero-order valence-corrected chi connectivity index (χ0v) is 13.9. The molecule has 4 nitrogen and oxygen atoms in total. The first-order valence-electron chi connectivity index (χ1n) is 5.83. The Labute approximate surface area is 126 Å². The van der Waals surface area contributed by atoms with Gasteiger partial charge in [-0.15, -0.1) is 0 Å².